The van der Waals surface area contributed by atoms with Gasteiger partial charge in [-0.05, 0) is 57.5 Å². The van der Waals surface area contributed by atoms with Crippen molar-refractivity contribution in [3.63, 3.8) is 0 Å². The number of pyridine rings is 1. The van der Waals surface area contributed by atoms with Crippen LogP contribution in [-0.4, -0.2) is 22.0 Å². The number of carbonyl (C=O) groups is 1. The number of ether oxygens (including phenoxy) is 1. The molecule has 0 aliphatic carbocycles. The predicted octanol–water partition coefficient (Wildman–Crippen LogP) is 4.79. The fourth-order valence-corrected chi connectivity index (χ4v) is 3.63. The Morgan fingerprint density at radius 2 is 1.96 bits per heavy atom. The van der Waals surface area contributed by atoms with E-state index in [-0.39, 0.29) is 18.1 Å². The van der Waals surface area contributed by atoms with Crippen molar-refractivity contribution in [3.05, 3.63) is 64.8 Å². The summed E-state index contributed by atoms with van der Waals surface area (Å²) in [7, 11) is 0. The number of rotatable bonds is 6. The topological polar surface area (TPSA) is 64.1 Å². The van der Waals surface area contributed by atoms with Crippen molar-refractivity contribution in [2.24, 2.45) is 0 Å². The number of hydrogen-bond donors (Lipinski definition) is 1. The zero-order valence-corrected chi connectivity index (χ0v) is 16.7. The third kappa shape index (κ3) is 4.71. The second kappa shape index (κ2) is 8.31. The maximum absolute atomic E-state index is 12.8. The minimum atomic E-state index is -0.145. The Hall–Kier alpha value is -2.73. The normalized spacial score (nSPS) is 12.0. The summed E-state index contributed by atoms with van der Waals surface area (Å²) in [5, 5.41) is 3.80. The van der Waals surface area contributed by atoms with Crippen LogP contribution < -0.4 is 10.1 Å². The molecule has 1 amide bonds. The molecule has 0 radical (unpaired) electrons. The average molecular weight is 382 g/mol. The van der Waals surface area contributed by atoms with Crippen LogP contribution in [0.15, 0.2) is 48.7 Å². The molecule has 27 heavy (non-hydrogen) atoms. The monoisotopic (exact) mass is 381 g/mol. The van der Waals surface area contributed by atoms with E-state index >= 15 is 0 Å². The third-order valence-electron chi connectivity index (χ3n) is 3.96. The molecule has 1 N–H and O–H groups in total. The summed E-state index contributed by atoms with van der Waals surface area (Å²) >= 11 is 1.36. The van der Waals surface area contributed by atoms with Crippen LogP contribution in [-0.2, 0) is 0 Å². The molecule has 0 saturated heterocycles. The molecule has 3 rings (SSSR count). The number of nitrogens with one attached hydrogen (secondary N) is 1. The quantitative estimate of drug-likeness (QED) is 0.667. The number of aromatic nitrogens is 2. The first-order chi connectivity index (χ1) is 12.9. The summed E-state index contributed by atoms with van der Waals surface area (Å²) in [5.41, 5.74) is 2.48. The largest absolute Gasteiger partial charge is 0.491 e. The highest BCUT2D eigenvalue weighted by Gasteiger charge is 2.19. The lowest BCUT2D eigenvalue weighted by Crippen LogP contribution is -2.26. The summed E-state index contributed by atoms with van der Waals surface area (Å²) in [6.07, 6.45) is 1.83. The van der Waals surface area contributed by atoms with Gasteiger partial charge < -0.3 is 10.1 Å². The highest BCUT2D eigenvalue weighted by molar-refractivity contribution is 7.17. The van der Waals surface area contributed by atoms with Crippen LogP contribution in [0.25, 0.3) is 10.7 Å². The Morgan fingerprint density at radius 1 is 1.15 bits per heavy atom. The average Bonchev–Trinajstić information content (AvgIpc) is 3.04. The van der Waals surface area contributed by atoms with Crippen LogP contribution in [0.5, 0.6) is 5.75 Å². The van der Waals surface area contributed by atoms with E-state index in [1.165, 1.54) is 11.3 Å². The van der Waals surface area contributed by atoms with Crippen LogP contribution >= 0.6 is 11.3 Å². The van der Waals surface area contributed by atoms with E-state index in [0.29, 0.717) is 10.6 Å². The molecule has 140 valence electrons. The zero-order chi connectivity index (χ0) is 19.4. The van der Waals surface area contributed by atoms with Gasteiger partial charge in [0, 0.05) is 6.20 Å². The molecule has 0 fully saturated rings. The molecule has 0 spiro atoms. The van der Waals surface area contributed by atoms with Crippen LogP contribution in [0, 0.1) is 6.92 Å². The van der Waals surface area contributed by atoms with Gasteiger partial charge in [0.1, 0.15) is 15.6 Å². The fourth-order valence-electron chi connectivity index (χ4n) is 2.68. The summed E-state index contributed by atoms with van der Waals surface area (Å²) in [5.74, 6) is 0.671. The van der Waals surface area contributed by atoms with Crippen molar-refractivity contribution in [1.82, 2.24) is 15.3 Å². The van der Waals surface area contributed by atoms with Gasteiger partial charge in [-0.2, -0.15) is 0 Å². The highest BCUT2D eigenvalue weighted by Crippen LogP contribution is 2.27. The molecule has 2 heterocycles. The predicted molar refractivity (Wildman–Crippen MR) is 108 cm³/mol. The molecule has 6 heteroatoms. The number of aryl methyl sites for hydroxylation is 1. The number of carbonyl (C=O) groups excluding carboxylic acids is 1. The molecule has 1 aromatic carbocycles. The van der Waals surface area contributed by atoms with Crippen molar-refractivity contribution >= 4 is 17.2 Å². The molecule has 2 aromatic heterocycles. The van der Waals surface area contributed by atoms with E-state index in [4.69, 9.17) is 4.74 Å². The third-order valence-corrected chi connectivity index (χ3v) is 5.14. The first kappa shape index (κ1) is 19.0. The van der Waals surface area contributed by atoms with Crippen LogP contribution in [0.4, 0.5) is 0 Å². The number of amides is 1. The number of nitrogens with zero attached hydrogens (tertiary/aromatic N) is 2. The molecule has 3 aromatic rings. The minimum absolute atomic E-state index is 0.106. The molecule has 0 aliphatic rings. The maximum Gasteiger partial charge on any atom is 0.263 e. The van der Waals surface area contributed by atoms with E-state index in [2.05, 4.69) is 15.3 Å². The summed E-state index contributed by atoms with van der Waals surface area (Å²) in [4.78, 5) is 22.2. The van der Waals surface area contributed by atoms with Crippen molar-refractivity contribution in [3.8, 4) is 16.5 Å². The Balaban J connectivity index is 1.75. The van der Waals surface area contributed by atoms with Gasteiger partial charge in [0.15, 0.2) is 0 Å². The lowest BCUT2D eigenvalue weighted by Gasteiger charge is -2.16. The Labute approximate surface area is 163 Å². The van der Waals surface area contributed by atoms with E-state index in [0.717, 1.165) is 22.0 Å². The summed E-state index contributed by atoms with van der Waals surface area (Å²) in [6.45, 7) is 7.79. The van der Waals surface area contributed by atoms with Gasteiger partial charge in [-0.1, -0.05) is 18.2 Å². The second-order valence-corrected chi connectivity index (χ2v) is 7.58. The Morgan fingerprint density at radius 3 is 2.67 bits per heavy atom. The van der Waals surface area contributed by atoms with Crippen molar-refractivity contribution in [2.75, 3.05) is 0 Å². The minimum Gasteiger partial charge on any atom is -0.491 e. The van der Waals surface area contributed by atoms with Gasteiger partial charge in [0.2, 0.25) is 0 Å². The first-order valence-corrected chi connectivity index (χ1v) is 9.72. The van der Waals surface area contributed by atoms with E-state index in [1.54, 1.807) is 6.20 Å². The fraction of sp³-hybridized carbons (Fsp3) is 0.286. The molecule has 0 aliphatic heterocycles. The first-order valence-electron chi connectivity index (χ1n) is 8.90. The van der Waals surface area contributed by atoms with Crippen molar-refractivity contribution in [2.45, 2.75) is 39.8 Å². The summed E-state index contributed by atoms with van der Waals surface area (Å²) < 4.78 is 5.74. The van der Waals surface area contributed by atoms with Gasteiger partial charge >= 0.3 is 0 Å². The summed E-state index contributed by atoms with van der Waals surface area (Å²) in [6, 6.07) is 13.3. The van der Waals surface area contributed by atoms with Crippen LogP contribution in [0.2, 0.25) is 0 Å². The molecule has 0 bridgehead atoms. The smallest absolute Gasteiger partial charge is 0.263 e. The van der Waals surface area contributed by atoms with Crippen molar-refractivity contribution in [1.29, 1.82) is 0 Å². The van der Waals surface area contributed by atoms with Crippen LogP contribution in [0.1, 0.15) is 47.7 Å². The number of hydrogen-bond acceptors (Lipinski definition) is 5. The Bertz CT molecular complexity index is 922. The molecule has 0 unspecified atom stereocenters. The molecule has 0 saturated carbocycles. The maximum atomic E-state index is 12.8. The van der Waals surface area contributed by atoms with E-state index in [1.807, 2.05) is 70.2 Å². The highest BCUT2D eigenvalue weighted by atomic mass is 32.1. The van der Waals surface area contributed by atoms with Gasteiger partial charge in [-0.25, -0.2) is 4.98 Å². The molecular weight excluding hydrogens is 358 g/mol. The van der Waals surface area contributed by atoms with Crippen LogP contribution in [0.3, 0.4) is 0 Å². The van der Waals surface area contributed by atoms with Gasteiger partial charge in [-0.3, -0.25) is 9.78 Å². The number of thiazole rings is 1. The molecular formula is C21H23N3O2S. The lowest BCUT2D eigenvalue weighted by molar-refractivity contribution is 0.0943. The van der Waals surface area contributed by atoms with E-state index in [9.17, 15) is 4.79 Å². The van der Waals surface area contributed by atoms with Crippen molar-refractivity contribution < 1.29 is 9.53 Å². The van der Waals surface area contributed by atoms with Gasteiger partial charge in [0.25, 0.3) is 5.91 Å². The lowest BCUT2D eigenvalue weighted by atomic mass is 10.1. The second-order valence-electron chi connectivity index (χ2n) is 6.58. The number of benzene rings is 1. The Kier molecular flexibility index (Phi) is 5.86. The van der Waals surface area contributed by atoms with Gasteiger partial charge in [0.05, 0.1) is 23.5 Å². The molecule has 5 nitrogen and oxygen atoms in total. The zero-order valence-electron chi connectivity index (χ0n) is 15.9. The van der Waals surface area contributed by atoms with Gasteiger partial charge in [-0.15, -0.1) is 11.3 Å². The van der Waals surface area contributed by atoms with E-state index < -0.39 is 0 Å². The SMILES string of the molecule is Cc1nc(-c2ccccn2)sc1C(=O)N[C@@H](C)c1cccc(OC(C)C)c1. The molecule has 1 atom stereocenters. The standard InChI is InChI=1S/C21H23N3O2S/c1-13(2)26-17-9-7-8-16(12-17)14(3)23-20(25)19-15(4)24-21(27-19)18-10-5-6-11-22-18/h5-14H,1-4H3,(H,23,25)/t14-/m0/s1.